The van der Waals surface area contributed by atoms with Crippen molar-refractivity contribution in [1.82, 2.24) is 9.55 Å². The summed E-state index contributed by atoms with van der Waals surface area (Å²) in [6.07, 6.45) is 0.527. The molecule has 0 aliphatic carbocycles. The van der Waals surface area contributed by atoms with Crippen LogP contribution in [0, 0.1) is 6.92 Å². The zero-order chi connectivity index (χ0) is 13.2. The summed E-state index contributed by atoms with van der Waals surface area (Å²) in [4.78, 5) is 46.3. The van der Waals surface area contributed by atoms with Gasteiger partial charge in [0.1, 0.15) is 6.04 Å². The van der Waals surface area contributed by atoms with Gasteiger partial charge in [-0.25, -0.2) is 9.36 Å². The molecule has 0 spiro atoms. The molecule has 1 rings (SSSR count). The van der Waals surface area contributed by atoms with Gasteiger partial charge in [0.25, 0.3) is 5.56 Å². The summed E-state index contributed by atoms with van der Waals surface area (Å²) < 4.78 is 0.638. The van der Waals surface area contributed by atoms with Crippen LogP contribution in [0.25, 0.3) is 0 Å². The molecule has 0 aliphatic rings. The summed E-state index contributed by atoms with van der Waals surface area (Å²) in [6, 6.07) is -1.39. The predicted octanol–water partition coefficient (Wildman–Crippen LogP) is -1.71. The molecule has 0 fully saturated rings. The Morgan fingerprint density at radius 2 is 2.12 bits per heavy atom. The van der Waals surface area contributed by atoms with Gasteiger partial charge in [0.2, 0.25) is 5.91 Å². The molecular formula is C9H11N3O5. The largest absolute Gasteiger partial charge is 0.480 e. The molecule has 0 aromatic carbocycles. The van der Waals surface area contributed by atoms with E-state index in [1.54, 1.807) is 0 Å². The third-order valence-electron chi connectivity index (χ3n) is 2.10. The number of nitrogens with zero attached hydrogens (tertiary/aromatic N) is 1. The van der Waals surface area contributed by atoms with Gasteiger partial charge in [-0.15, -0.1) is 0 Å². The topological polar surface area (TPSA) is 135 Å². The Morgan fingerprint density at radius 3 is 2.65 bits per heavy atom. The van der Waals surface area contributed by atoms with Crippen LogP contribution in [-0.4, -0.2) is 32.6 Å². The van der Waals surface area contributed by atoms with E-state index in [4.69, 9.17) is 10.8 Å². The highest BCUT2D eigenvalue weighted by Gasteiger charge is 2.18. The Balaban J connectivity index is 3.06. The lowest BCUT2D eigenvalue weighted by molar-refractivity contribution is -0.138. The second-order valence-corrected chi connectivity index (χ2v) is 3.48. The first kappa shape index (κ1) is 12.8. The molecule has 0 radical (unpaired) electrons. The van der Waals surface area contributed by atoms with Gasteiger partial charge in [0, 0.05) is 11.8 Å². The SMILES string of the molecule is Cc1cn(C(=O)CC(N)C(=O)O)c(=O)[nH]c1=O. The van der Waals surface area contributed by atoms with Gasteiger partial charge in [0.15, 0.2) is 0 Å². The van der Waals surface area contributed by atoms with Crippen molar-refractivity contribution in [3.05, 3.63) is 32.6 Å². The average molecular weight is 241 g/mol. The fourth-order valence-corrected chi connectivity index (χ4v) is 1.13. The van der Waals surface area contributed by atoms with E-state index in [0.717, 1.165) is 6.20 Å². The number of aliphatic carboxylic acids is 1. The number of H-pyrrole nitrogens is 1. The molecule has 0 saturated carbocycles. The van der Waals surface area contributed by atoms with E-state index >= 15 is 0 Å². The number of hydrogen-bond donors (Lipinski definition) is 3. The molecule has 1 atom stereocenters. The Morgan fingerprint density at radius 1 is 1.53 bits per heavy atom. The number of carbonyl (C=O) groups excluding carboxylic acids is 1. The van der Waals surface area contributed by atoms with E-state index in [2.05, 4.69) is 0 Å². The zero-order valence-corrected chi connectivity index (χ0v) is 8.97. The Labute approximate surface area is 94.7 Å². The maximum Gasteiger partial charge on any atom is 0.335 e. The minimum atomic E-state index is -1.39. The van der Waals surface area contributed by atoms with Crippen molar-refractivity contribution in [2.45, 2.75) is 19.4 Å². The molecule has 1 aromatic rings. The summed E-state index contributed by atoms with van der Waals surface area (Å²) >= 11 is 0. The lowest BCUT2D eigenvalue weighted by atomic mass is 10.2. The van der Waals surface area contributed by atoms with Gasteiger partial charge in [-0.1, -0.05) is 0 Å². The van der Waals surface area contributed by atoms with Crippen LogP contribution in [-0.2, 0) is 4.79 Å². The van der Waals surface area contributed by atoms with E-state index in [-0.39, 0.29) is 5.56 Å². The molecule has 1 heterocycles. The molecule has 0 bridgehead atoms. The second-order valence-electron chi connectivity index (χ2n) is 3.48. The highest BCUT2D eigenvalue weighted by atomic mass is 16.4. The molecule has 8 nitrogen and oxygen atoms in total. The number of aromatic amines is 1. The van der Waals surface area contributed by atoms with Crippen LogP contribution >= 0.6 is 0 Å². The van der Waals surface area contributed by atoms with Gasteiger partial charge in [-0.3, -0.25) is 19.4 Å². The van der Waals surface area contributed by atoms with Crippen molar-refractivity contribution >= 4 is 11.9 Å². The number of hydrogen-bond acceptors (Lipinski definition) is 5. The fraction of sp³-hybridized carbons (Fsp3) is 0.333. The van der Waals surface area contributed by atoms with Gasteiger partial charge in [0.05, 0.1) is 6.42 Å². The minimum absolute atomic E-state index is 0.168. The first-order valence-corrected chi connectivity index (χ1v) is 4.67. The third-order valence-corrected chi connectivity index (χ3v) is 2.10. The zero-order valence-electron chi connectivity index (χ0n) is 8.97. The van der Waals surface area contributed by atoms with E-state index < -0.39 is 35.6 Å². The Bertz CT molecular complexity index is 571. The van der Waals surface area contributed by atoms with Crippen molar-refractivity contribution in [1.29, 1.82) is 0 Å². The maximum absolute atomic E-state index is 11.5. The standard InChI is InChI=1S/C9H11N3O5/c1-4-3-12(9(17)11-7(4)14)6(13)2-5(10)8(15)16/h3,5H,2,10H2,1H3,(H,15,16)(H,11,14,17). The van der Waals surface area contributed by atoms with Crippen molar-refractivity contribution in [2.24, 2.45) is 5.73 Å². The van der Waals surface area contributed by atoms with Crippen LogP contribution in [0.3, 0.4) is 0 Å². The second kappa shape index (κ2) is 4.74. The smallest absolute Gasteiger partial charge is 0.335 e. The highest BCUT2D eigenvalue weighted by Crippen LogP contribution is 1.93. The Hall–Kier alpha value is -2.22. The van der Waals surface area contributed by atoms with Crippen LogP contribution in [0.5, 0.6) is 0 Å². The highest BCUT2D eigenvalue weighted by molar-refractivity contribution is 5.85. The monoisotopic (exact) mass is 241 g/mol. The van der Waals surface area contributed by atoms with Gasteiger partial charge < -0.3 is 10.8 Å². The molecule has 0 saturated heterocycles. The van der Waals surface area contributed by atoms with E-state index in [1.165, 1.54) is 6.92 Å². The van der Waals surface area contributed by atoms with E-state index in [1.807, 2.05) is 4.98 Å². The fourth-order valence-electron chi connectivity index (χ4n) is 1.13. The van der Waals surface area contributed by atoms with Gasteiger partial charge in [-0.2, -0.15) is 0 Å². The van der Waals surface area contributed by atoms with Crippen LogP contribution < -0.4 is 17.0 Å². The molecule has 8 heteroatoms. The Kier molecular flexibility index (Phi) is 3.59. The average Bonchev–Trinajstić information content (AvgIpc) is 2.22. The number of aryl methyl sites for hydroxylation is 1. The molecular weight excluding hydrogens is 230 g/mol. The van der Waals surface area contributed by atoms with Crippen molar-refractivity contribution < 1.29 is 14.7 Å². The lowest BCUT2D eigenvalue weighted by Crippen LogP contribution is -2.39. The van der Waals surface area contributed by atoms with E-state index in [0.29, 0.717) is 4.57 Å². The maximum atomic E-state index is 11.5. The summed E-state index contributed by atoms with van der Waals surface area (Å²) in [7, 11) is 0. The molecule has 4 N–H and O–H groups in total. The first-order chi connectivity index (χ1) is 7.82. The number of nitrogens with one attached hydrogen (secondary N) is 1. The van der Waals surface area contributed by atoms with Crippen LogP contribution in [0.4, 0.5) is 0 Å². The van der Waals surface area contributed by atoms with Gasteiger partial charge in [-0.05, 0) is 6.92 Å². The summed E-state index contributed by atoms with van der Waals surface area (Å²) in [5.41, 5.74) is 3.82. The molecule has 0 aliphatic heterocycles. The van der Waals surface area contributed by atoms with E-state index in [9.17, 15) is 19.2 Å². The molecule has 17 heavy (non-hydrogen) atoms. The number of carboxylic acids is 1. The number of aromatic nitrogens is 2. The molecule has 0 amide bonds. The summed E-state index contributed by atoms with van der Waals surface area (Å²) in [5.74, 6) is -2.13. The van der Waals surface area contributed by atoms with Crippen molar-refractivity contribution in [2.75, 3.05) is 0 Å². The van der Waals surface area contributed by atoms with Gasteiger partial charge >= 0.3 is 11.7 Å². The third kappa shape index (κ3) is 2.88. The van der Waals surface area contributed by atoms with Crippen LogP contribution in [0.2, 0.25) is 0 Å². The number of carboxylic acid groups (broad SMARTS) is 1. The van der Waals surface area contributed by atoms with Crippen molar-refractivity contribution in [3.8, 4) is 0 Å². The normalized spacial score (nSPS) is 12.1. The number of carbonyl (C=O) groups is 2. The summed E-state index contributed by atoms with van der Waals surface area (Å²) in [5, 5.41) is 8.52. The molecule has 92 valence electrons. The quantitative estimate of drug-likeness (QED) is 0.576. The van der Waals surface area contributed by atoms with Crippen molar-refractivity contribution in [3.63, 3.8) is 0 Å². The summed E-state index contributed by atoms with van der Waals surface area (Å²) in [6.45, 7) is 1.42. The van der Waals surface area contributed by atoms with Crippen LogP contribution in [0.1, 0.15) is 16.8 Å². The lowest BCUT2D eigenvalue weighted by Gasteiger charge is -2.07. The predicted molar refractivity (Wildman–Crippen MR) is 56.9 cm³/mol. The molecule has 1 aromatic heterocycles. The number of rotatable bonds is 3. The van der Waals surface area contributed by atoms with Crippen LogP contribution in [0.15, 0.2) is 15.8 Å². The number of nitrogens with two attached hydrogens (primary N) is 1. The molecule has 1 unspecified atom stereocenters. The first-order valence-electron chi connectivity index (χ1n) is 4.67. The minimum Gasteiger partial charge on any atom is -0.480 e.